The molecule has 4 N–H and O–H groups in total. The Kier molecular flexibility index (Phi) is 4.01. The highest BCUT2D eigenvalue weighted by atomic mass is 16.5. The van der Waals surface area contributed by atoms with Gasteiger partial charge in [0.05, 0.1) is 0 Å². The van der Waals surface area contributed by atoms with Crippen LogP contribution in [0.5, 0.6) is 34.5 Å². The van der Waals surface area contributed by atoms with Gasteiger partial charge in [0.1, 0.15) is 0 Å². The van der Waals surface area contributed by atoms with Crippen molar-refractivity contribution in [2.45, 2.75) is 0 Å². The number of benzene rings is 6. The number of rotatable bonds is 2. The largest absolute Gasteiger partial charge is 0.504 e. The molecule has 0 saturated heterocycles. The van der Waals surface area contributed by atoms with E-state index in [-0.39, 0.29) is 23.0 Å². The van der Waals surface area contributed by atoms with Crippen molar-refractivity contribution in [3.05, 3.63) is 84.9 Å². The van der Waals surface area contributed by atoms with Crippen LogP contribution in [0.3, 0.4) is 0 Å². The molecule has 0 unspecified atom stereocenters. The fourth-order valence-corrected chi connectivity index (χ4v) is 4.38. The Balaban J connectivity index is 1.66. The maximum absolute atomic E-state index is 10.7. The summed E-state index contributed by atoms with van der Waals surface area (Å²) in [7, 11) is 0. The summed E-state index contributed by atoms with van der Waals surface area (Å²) >= 11 is 0. The third-order valence-corrected chi connectivity index (χ3v) is 6.03. The molecule has 0 heterocycles. The molecule has 0 atom stereocenters. The Labute approximate surface area is 188 Å². The van der Waals surface area contributed by atoms with Gasteiger partial charge in [0.25, 0.3) is 0 Å². The van der Waals surface area contributed by atoms with Gasteiger partial charge in [-0.05, 0) is 68.7 Å². The Morgan fingerprint density at radius 2 is 0.788 bits per heavy atom. The molecule has 0 aromatic heterocycles. The molecule has 5 nitrogen and oxygen atoms in total. The minimum Gasteiger partial charge on any atom is -0.504 e. The predicted molar refractivity (Wildman–Crippen MR) is 130 cm³/mol. The molecule has 0 aliphatic rings. The topological polar surface area (TPSA) is 90.2 Å². The van der Waals surface area contributed by atoms with Crippen molar-refractivity contribution < 1.29 is 25.2 Å². The van der Waals surface area contributed by atoms with Gasteiger partial charge in [-0.2, -0.15) is 0 Å². The molecule has 33 heavy (non-hydrogen) atoms. The first-order valence-electron chi connectivity index (χ1n) is 10.4. The summed E-state index contributed by atoms with van der Waals surface area (Å²) in [4.78, 5) is 0. The van der Waals surface area contributed by atoms with E-state index in [1.807, 2.05) is 72.8 Å². The van der Waals surface area contributed by atoms with Crippen LogP contribution in [0, 0.1) is 0 Å². The Hall–Kier alpha value is -4.64. The third-order valence-electron chi connectivity index (χ3n) is 6.03. The number of fused-ring (bicyclic) bond motifs is 4. The van der Waals surface area contributed by atoms with Gasteiger partial charge in [0.15, 0.2) is 23.0 Å². The second-order valence-electron chi connectivity index (χ2n) is 8.09. The van der Waals surface area contributed by atoms with E-state index >= 15 is 0 Å². The lowest BCUT2D eigenvalue weighted by Gasteiger charge is -2.16. The lowest BCUT2D eigenvalue weighted by molar-refractivity contribution is 0.356. The zero-order valence-electron chi connectivity index (χ0n) is 17.3. The second-order valence-corrected chi connectivity index (χ2v) is 8.09. The van der Waals surface area contributed by atoms with Crippen LogP contribution in [0.25, 0.3) is 43.1 Å². The lowest BCUT2D eigenvalue weighted by atomic mass is 10.0. The fourth-order valence-electron chi connectivity index (χ4n) is 4.38. The summed E-state index contributed by atoms with van der Waals surface area (Å²) in [6.45, 7) is 0. The summed E-state index contributed by atoms with van der Waals surface area (Å²) in [5.41, 5.74) is 0. The molecule has 0 aliphatic carbocycles. The van der Waals surface area contributed by atoms with Gasteiger partial charge in [-0.1, -0.05) is 48.5 Å². The number of hydrogen-bond donors (Lipinski definition) is 4. The molecule has 0 amide bonds. The molecule has 6 aromatic rings. The Morgan fingerprint density at radius 3 is 1.18 bits per heavy atom. The first-order valence-corrected chi connectivity index (χ1v) is 10.4. The zero-order chi connectivity index (χ0) is 22.7. The smallest absolute Gasteiger partial charge is 0.201 e. The van der Waals surface area contributed by atoms with Crippen LogP contribution in [0.1, 0.15) is 0 Å². The monoisotopic (exact) mass is 434 g/mol. The van der Waals surface area contributed by atoms with Crippen LogP contribution in [0.4, 0.5) is 0 Å². The van der Waals surface area contributed by atoms with E-state index in [1.54, 1.807) is 0 Å². The van der Waals surface area contributed by atoms with Crippen LogP contribution in [-0.4, -0.2) is 20.4 Å². The first-order chi connectivity index (χ1) is 16.0. The Morgan fingerprint density at radius 1 is 0.424 bits per heavy atom. The summed E-state index contributed by atoms with van der Waals surface area (Å²) in [5, 5.41) is 48.4. The van der Waals surface area contributed by atoms with E-state index < -0.39 is 11.5 Å². The minimum atomic E-state index is -0.450. The van der Waals surface area contributed by atoms with E-state index in [9.17, 15) is 20.4 Å². The SMILES string of the molecule is Oc1cc2cc3ccccc3cc2c(Oc2c(O)c(O)cc3cc4ccccc4cc23)c1O. The number of phenols is 4. The molecular weight excluding hydrogens is 416 g/mol. The third kappa shape index (κ3) is 2.94. The van der Waals surface area contributed by atoms with Crippen LogP contribution in [-0.2, 0) is 0 Å². The second kappa shape index (κ2) is 6.93. The van der Waals surface area contributed by atoms with E-state index in [4.69, 9.17) is 4.74 Å². The zero-order valence-corrected chi connectivity index (χ0v) is 17.3. The van der Waals surface area contributed by atoms with Crippen molar-refractivity contribution >= 4 is 43.1 Å². The van der Waals surface area contributed by atoms with Crippen LogP contribution in [0.2, 0.25) is 0 Å². The molecule has 0 spiro atoms. The highest BCUT2D eigenvalue weighted by Crippen LogP contribution is 2.50. The molecule has 5 heteroatoms. The summed E-state index contributed by atoms with van der Waals surface area (Å²) < 4.78 is 6.11. The quantitative estimate of drug-likeness (QED) is 0.176. The summed E-state index contributed by atoms with van der Waals surface area (Å²) in [6, 6.07) is 25.9. The lowest BCUT2D eigenvalue weighted by Crippen LogP contribution is -1.91. The fraction of sp³-hybridized carbons (Fsp3) is 0. The number of phenolic OH excluding ortho intramolecular Hbond substituents is 4. The van der Waals surface area contributed by atoms with Gasteiger partial charge in [0.2, 0.25) is 11.5 Å². The predicted octanol–water partition coefficient (Wildman–Crippen LogP) is 6.91. The van der Waals surface area contributed by atoms with Gasteiger partial charge in [-0.15, -0.1) is 0 Å². The maximum atomic E-state index is 10.7. The molecule has 0 aliphatic heterocycles. The van der Waals surface area contributed by atoms with Crippen molar-refractivity contribution in [1.29, 1.82) is 0 Å². The van der Waals surface area contributed by atoms with E-state index in [2.05, 4.69) is 0 Å². The molecule has 6 rings (SSSR count). The van der Waals surface area contributed by atoms with Crippen molar-refractivity contribution in [2.75, 3.05) is 0 Å². The standard InChI is InChI=1S/C28H18O5/c29-23-13-19-9-15-5-1-3-7-17(15)11-21(19)27(25(23)31)33-28-22-12-18-8-4-2-6-16(18)10-20(22)14-24(30)26(28)32/h1-14,29-32H. The summed E-state index contributed by atoms with van der Waals surface area (Å²) in [6.07, 6.45) is 0. The van der Waals surface area contributed by atoms with E-state index in [0.717, 1.165) is 21.5 Å². The summed E-state index contributed by atoms with van der Waals surface area (Å²) in [5.74, 6) is -1.61. The first kappa shape index (κ1) is 19.1. The van der Waals surface area contributed by atoms with Gasteiger partial charge in [-0.25, -0.2) is 0 Å². The minimum absolute atomic E-state index is 0.00823. The maximum Gasteiger partial charge on any atom is 0.201 e. The molecule has 160 valence electrons. The number of aromatic hydroxyl groups is 4. The van der Waals surface area contributed by atoms with Gasteiger partial charge < -0.3 is 25.2 Å². The number of ether oxygens (including phenoxy) is 1. The molecule has 0 bridgehead atoms. The molecular formula is C28H18O5. The van der Waals surface area contributed by atoms with Crippen molar-refractivity contribution in [3.8, 4) is 34.5 Å². The molecule has 6 aromatic carbocycles. The Bertz CT molecular complexity index is 1610. The van der Waals surface area contributed by atoms with Gasteiger partial charge in [-0.3, -0.25) is 0 Å². The number of hydrogen-bond acceptors (Lipinski definition) is 5. The van der Waals surface area contributed by atoms with E-state index in [0.29, 0.717) is 21.5 Å². The van der Waals surface area contributed by atoms with Gasteiger partial charge in [0, 0.05) is 10.8 Å². The highest BCUT2D eigenvalue weighted by Gasteiger charge is 2.21. The van der Waals surface area contributed by atoms with Crippen molar-refractivity contribution in [3.63, 3.8) is 0 Å². The average Bonchev–Trinajstić information content (AvgIpc) is 2.82. The van der Waals surface area contributed by atoms with Gasteiger partial charge >= 0.3 is 0 Å². The molecule has 0 saturated carbocycles. The normalized spacial score (nSPS) is 11.5. The van der Waals surface area contributed by atoms with Crippen LogP contribution in [0.15, 0.2) is 84.9 Å². The van der Waals surface area contributed by atoms with Crippen molar-refractivity contribution in [1.82, 2.24) is 0 Å². The molecule has 0 fully saturated rings. The van der Waals surface area contributed by atoms with E-state index in [1.165, 1.54) is 12.1 Å². The highest BCUT2D eigenvalue weighted by molar-refractivity contribution is 6.05. The average molecular weight is 434 g/mol. The van der Waals surface area contributed by atoms with Crippen LogP contribution >= 0.6 is 0 Å². The van der Waals surface area contributed by atoms with Crippen molar-refractivity contribution in [2.24, 2.45) is 0 Å². The van der Waals surface area contributed by atoms with Crippen LogP contribution < -0.4 is 4.74 Å². The molecule has 0 radical (unpaired) electrons.